The Kier molecular flexibility index (Phi) is 5.62. The van der Waals surface area contributed by atoms with Crippen molar-refractivity contribution in [2.75, 3.05) is 6.54 Å². The maximum absolute atomic E-state index is 12.0. The molecular formula is C20H26N2O. The zero-order chi connectivity index (χ0) is 15.9. The van der Waals surface area contributed by atoms with Crippen molar-refractivity contribution in [2.24, 2.45) is 5.92 Å². The van der Waals surface area contributed by atoms with E-state index in [2.05, 4.69) is 34.6 Å². The molecule has 2 aromatic rings. The first-order valence-corrected chi connectivity index (χ1v) is 8.92. The summed E-state index contributed by atoms with van der Waals surface area (Å²) in [6.45, 7) is 0.694. The molecule has 1 aliphatic rings. The van der Waals surface area contributed by atoms with Crippen molar-refractivity contribution in [3.63, 3.8) is 0 Å². The third kappa shape index (κ3) is 4.54. The molecule has 1 aliphatic carbocycles. The highest BCUT2D eigenvalue weighted by atomic mass is 16.1. The Morgan fingerprint density at radius 2 is 1.96 bits per heavy atom. The first-order valence-electron chi connectivity index (χ1n) is 8.92. The molecule has 1 saturated carbocycles. The summed E-state index contributed by atoms with van der Waals surface area (Å²) in [4.78, 5) is 16.5. The molecule has 0 atom stereocenters. The average molecular weight is 310 g/mol. The number of amides is 1. The normalized spacial score (nSPS) is 15.7. The van der Waals surface area contributed by atoms with Crippen LogP contribution >= 0.6 is 0 Å². The van der Waals surface area contributed by atoms with Crippen molar-refractivity contribution in [1.82, 2.24) is 10.3 Å². The number of pyridine rings is 1. The molecule has 1 N–H and O–H groups in total. The summed E-state index contributed by atoms with van der Waals surface area (Å²) < 4.78 is 0. The van der Waals surface area contributed by atoms with Crippen LogP contribution in [0.2, 0.25) is 0 Å². The second kappa shape index (κ2) is 8.09. The van der Waals surface area contributed by atoms with Crippen LogP contribution in [0.1, 0.15) is 50.5 Å². The number of carbonyl (C=O) groups excluding carboxylic acids is 1. The predicted octanol–water partition coefficient (Wildman–Crippen LogP) is 4.25. The number of nitrogens with one attached hydrogen (secondary N) is 1. The number of carbonyl (C=O) groups is 1. The van der Waals surface area contributed by atoms with Gasteiger partial charge in [0.05, 0.1) is 5.52 Å². The van der Waals surface area contributed by atoms with E-state index in [9.17, 15) is 4.79 Å². The number of fused-ring (bicyclic) bond motifs is 1. The van der Waals surface area contributed by atoms with Gasteiger partial charge in [0.1, 0.15) is 0 Å². The van der Waals surface area contributed by atoms with Crippen LogP contribution in [-0.2, 0) is 11.2 Å². The second-order valence-corrected chi connectivity index (χ2v) is 6.63. The quantitative estimate of drug-likeness (QED) is 0.866. The van der Waals surface area contributed by atoms with Gasteiger partial charge in [-0.2, -0.15) is 0 Å². The van der Waals surface area contributed by atoms with Gasteiger partial charge in [-0.15, -0.1) is 0 Å². The van der Waals surface area contributed by atoms with Gasteiger partial charge in [-0.05, 0) is 30.4 Å². The highest BCUT2D eigenvalue weighted by Crippen LogP contribution is 2.27. The molecule has 0 unspecified atom stereocenters. The lowest BCUT2D eigenvalue weighted by Crippen LogP contribution is -2.26. The van der Waals surface area contributed by atoms with Crippen LogP contribution in [-0.4, -0.2) is 17.4 Å². The van der Waals surface area contributed by atoms with E-state index in [0.717, 1.165) is 29.7 Å². The van der Waals surface area contributed by atoms with Crippen molar-refractivity contribution in [2.45, 2.75) is 51.4 Å². The Labute approximate surface area is 138 Å². The molecular weight excluding hydrogens is 284 g/mol. The second-order valence-electron chi connectivity index (χ2n) is 6.63. The topological polar surface area (TPSA) is 42.0 Å². The van der Waals surface area contributed by atoms with E-state index < -0.39 is 0 Å². The lowest BCUT2D eigenvalue weighted by Gasteiger charge is -2.21. The summed E-state index contributed by atoms with van der Waals surface area (Å²) >= 11 is 0. The van der Waals surface area contributed by atoms with Gasteiger partial charge in [0.2, 0.25) is 5.91 Å². The van der Waals surface area contributed by atoms with E-state index in [0.29, 0.717) is 13.0 Å². The molecule has 23 heavy (non-hydrogen) atoms. The van der Waals surface area contributed by atoms with Gasteiger partial charge in [0.25, 0.3) is 0 Å². The minimum atomic E-state index is 0.198. The Hall–Kier alpha value is -1.90. The van der Waals surface area contributed by atoms with E-state index in [1.54, 1.807) is 0 Å². The third-order valence-corrected chi connectivity index (χ3v) is 4.94. The van der Waals surface area contributed by atoms with E-state index in [4.69, 9.17) is 0 Å². The summed E-state index contributed by atoms with van der Waals surface area (Å²) in [7, 11) is 0. The summed E-state index contributed by atoms with van der Waals surface area (Å²) in [5.74, 6) is 0.973. The third-order valence-electron chi connectivity index (χ3n) is 4.94. The molecule has 3 nitrogen and oxygen atoms in total. The molecule has 1 fully saturated rings. The first kappa shape index (κ1) is 16.0. The van der Waals surface area contributed by atoms with Crippen LogP contribution in [0.15, 0.2) is 36.5 Å². The maximum atomic E-state index is 12.0. The van der Waals surface area contributed by atoms with Crippen LogP contribution in [0.3, 0.4) is 0 Å². The SMILES string of the molecule is O=C(CCC1CCCCC1)NCCc1cccc2cccnc12. The van der Waals surface area contributed by atoms with Gasteiger partial charge in [0.15, 0.2) is 0 Å². The van der Waals surface area contributed by atoms with Crippen molar-refractivity contribution in [3.05, 3.63) is 42.1 Å². The zero-order valence-corrected chi connectivity index (χ0v) is 13.8. The summed E-state index contributed by atoms with van der Waals surface area (Å²) in [6.07, 6.45) is 11.1. The molecule has 3 rings (SSSR count). The minimum absolute atomic E-state index is 0.198. The largest absolute Gasteiger partial charge is 0.356 e. The number of rotatable bonds is 6. The van der Waals surface area contributed by atoms with Crippen LogP contribution in [0, 0.1) is 5.92 Å². The molecule has 3 heteroatoms. The Bertz CT molecular complexity index is 642. The number of hydrogen-bond acceptors (Lipinski definition) is 2. The van der Waals surface area contributed by atoms with Gasteiger partial charge in [-0.3, -0.25) is 9.78 Å². The van der Waals surface area contributed by atoms with E-state index >= 15 is 0 Å². The van der Waals surface area contributed by atoms with Crippen LogP contribution < -0.4 is 5.32 Å². The predicted molar refractivity (Wildman–Crippen MR) is 94.3 cm³/mol. The molecule has 0 radical (unpaired) electrons. The van der Waals surface area contributed by atoms with Gasteiger partial charge >= 0.3 is 0 Å². The van der Waals surface area contributed by atoms with Gasteiger partial charge < -0.3 is 5.32 Å². The molecule has 1 heterocycles. The molecule has 0 bridgehead atoms. The molecule has 1 amide bonds. The summed E-state index contributed by atoms with van der Waals surface area (Å²) in [5.41, 5.74) is 2.25. The van der Waals surface area contributed by atoms with Gasteiger partial charge in [0, 0.05) is 24.5 Å². The van der Waals surface area contributed by atoms with Crippen LogP contribution in [0.5, 0.6) is 0 Å². The standard InChI is InChI=1S/C20H26N2O/c23-19(12-11-16-6-2-1-3-7-16)21-15-13-18-9-4-8-17-10-5-14-22-20(17)18/h4-5,8-10,14,16H,1-3,6-7,11-13,15H2,(H,21,23). The minimum Gasteiger partial charge on any atom is -0.356 e. The zero-order valence-electron chi connectivity index (χ0n) is 13.8. The lowest BCUT2D eigenvalue weighted by molar-refractivity contribution is -0.121. The van der Waals surface area contributed by atoms with Crippen LogP contribution in [0.25, 0.3) is 10.9 Å². The van der Waals surface area contributed by atoms with Crippen LogP contribution in [0.4, 0.5) is 0 Å². The highest BCUT2D eigenvalue weighted by Gasteiger charge is 2.14. The van der Waals surface area contributed by atoms with E-state index in [1.807, 2.05) is 12.3 Å². The van der Waals surface area contributed by atoms with Crippen molar-refractivity contribution in [1.29, 1.82) is 0 Å². The lowest BCUT2D eigenvalue weighted by atomic mass is 9.86. The average Bonchev–Trinajstić information content (AvgIpc) is 2.61. The number of nitrogens with zero attached hydrogens (tertiary/aromatic N) is 1. The fourth-order valence-corrected chi connectivity index (χ4v) is 3.61. The number of para-hydroxylation sites is 1. The van der Waals surface area contributed by atoms with E-state index in [1.165, 1.54) is 37.7 Å². The number of aromatic nitrogens is 1. The Morgan fingerprint density at radius 1 is 1.13 bits per heavy atom. The summed E-state index contributed by atoms with van der Waals surface area (Å²) in [5, 5.41) is 4.23. The van der Waals surface area contributed by atoms with Gasteiger partial charge in [-0.25, -0.2) is 0 Å². The molecule has 0 saturated heterocycles. The van der Waals surface area contributed by atoms with Gasteiger partial charge in [-0.1, -0.05) is 56.4 Å². The molecule has 122 valence electrons. The number of hydrogen-bond donors (Lipinski definition) is 1. The summed E-state index contributed by atoms with van der Waals surface area (Å²) in [6, 6.07) is 10.3. The fraction of sp³-hybridized carbons (Fsp3) is 0.500. The monoisotopic (exact) mass is 310 g/mol. The maximum Gasteiger partial charge on any atom is 0.220 e. The Morgan fingerprint density at radius 3 is 2.83 bits per heavy atom. The first-order chi connectivity index (χ1) is 11.3. The Balaban J connectivity index is 1.44. The molecule has 1 aromatic heterocycles. The van der Waals surface area contributed by atoms with Crippen molar-refractivity contribution in [3.8, 4) is 0 Å². The van der Waals surface area contributed by atoms with Crippen molar-refractivity contribution < 1.29 is 4.79 Å². The highest BCUT2D eigenvalue weighted by molar-refractivity contribution is 5.81. The van der Waals surface area contributed by atoms with Crippen molar-refractivity contribution >= 4 is 16.8 Å². The molecule has 0 aliphatic heterocycles. The fourth-order valence-electron chi connectivity index (χ4n) is 3.61. The molecule has 1 aromatic carbocycles. The van der Waals surface area contributed by atoms with E-state index in [-0.39, 0.29) is 5.91 Å². The molecule has 0 spiro atoms. The number of benzene rings is 1. The smallest absolute Gasteiger partial charge is 0.220 e.